The summed E-state index contributed by atoms with van der Waals surface area (Å²) in [5.41, 5.74) is 0. The van der Waals surface area contributed by atoms with Crippen molar-refractivity contribution in [1.29, 1.82) is 0 Å². The highest BCUT2D eigenvalue weighted by molar-refractivity contribution is 8.48. The van der Waals surface area contributed by atoms with Crippen LogP contribution in [0.3, 0.4) is 0 Å². The second kappa shape index (κ2) is 2.23. The summed E-state index contributed by atoms with van der Waals surface area (Å²) in [5, 5.41) is 7.23. The molecule has 1 atom stereocenters. The SMILES string of the molecule is C=CC(O)/C=C/S(F)(F)(F)(F)F. The number of aliphatic hydroxyl groups excluding tert-OH is 1. The highest BCUT2D eigenvalue weighted by Crippen LogP contribution is 2.98. The average Bonchev–Trinajstić information content (AvgIpc) is 1.78. The van der Waals surface area contributed by atoms with Crippen LogP contribution in [-0.2, 0) is 0 Å². The highest BCUT2D eigenvalue weighted by atomic mass is 32.5. The van der Waals surface area contributed by atoms with Crippen molar-refractivity contribution in [1.82, 2.24) is 0 Å². The predicted octanol–water partition coefficient (Wildman–Crippen LogP) is 3.35. The third-order valence-corrected chi connectivity index (χ3v) is 1.45. The van der Waals surface area contributed by atoms with Crippen LogP contribution in [-0.4, -0.2) is 11.2 Å². The molecule has 0 spiro atoms. The molecule has 0 aliphatic heterocycles. The first-order valence-corrected chi connectivity index (χ1v) is 4.69. The number of hydrogen-bond acceptors (Lipinski definition) is 1. The lowest BCUT2D eigenvalue weighted by Crippen LogP contribution is -2.03. The van der Waals surface area contributed by atoms with E-state index in [0.717, 1.165) is 0 Å². The van der Waals surface area contributed by atoms with E-state index in [-0.39, 0.29) is 6.08 Å². The van der Waals surface area contributed by atoms with Gasteiger partial charge in [-0.1, -0.05) is 25.5 Å². The van der Waals surface area contributed by atoms with E-state index in [0.29, 0.717) is 6.08 Å². The maximum Gasteiger partial charge on any atom is 0.304 e. The molecule has 0 radical (unpaired) electrons. The molecule has 0 fully saturated rings. The van der Waals surface area contributed by atoms with E-state index in [9.17, 15) is 19.4 Å². The summed E-state index contributed by atoms with van der Waals surface area (Å²) in [6.07, 6.45) is -1.08. The van der Waals surface area contributed by atoms with Gasteiger partial charge in [-0.05, 0) is 6.08 Å². The van der Waals surface area contributed by atoms with Gasteiger partial charge in [0, 0.05) is 0 Å². The predicted molar refractivity (Wildman–Crippen MR) is 38.5 cm³/mol. The summed E-state index contributed by atoms with van der Waals surface area (Å²) in [4.78, 5) is 0. The Hall–Kier alpha value is -0.560. The van der Waals surface area contributed by atoms with Gasteiger partial charge in [-0.15, -0.1) is 6.58 Å². The Bertz CT molecular complexity index is 213. The van der Waals surface area contributed by atoms with E-state index in [2.05, 4.69) is 6.58 Å². The second-order valence-corrected chi connectivity index (χ2v) is 4.41. The largest absolute Gasteiger partial charge is 0.385 e. The van der Waals surface area contributed by atoms with Gasteiger partial charge in [0.15, 0.2) is 0 Å². The summed E-state index contributed by atoms with van der Waals surface area (Å²) < 4.78 is 57.4. The van der Waals surface area contributed by atoms with Gasteiger partial charge in [-0.2, -0.15) is 0 Å². The Morgan fingerprint density at radius 3 is 1.83 bits per heavy atom. The zero-order valence-electron chi connectivity index (χ0n) is 5.76. The monoisotopic (exact) mass is 210 g/mol. The van der Waals surface area contributed by atoms with E-state index >= 15 is 0 Å². The normalized spacial score (nSPS) is 21.5. The number of halogens is 5. The summed E-state index contributed by atoms with van der Waals surface area (Å²) in [6, 6.07) is 0. The Balaban J connectivity index is 4.68. The van der Waals surface area contributed by atoms with Crippen molar-refractivity contribution in [3.8, 4) is 0 Å². The Morgan fingerprint density at radius 1 is 1.17 bits per heavy atom. The minimum atomic E-state index is -9.51. The maximum atomic E-state index is 11.5. The molecule has 1 N–H and O–H groups in total. The lowest BCUT2D eigenvalue weighted by molar-refractivity contribution is 0.271. The van der Waals surface area contributed by atoms with Crippen LogP contribution in [0.25, 0.3) is 0 Å². The van der Waals surface area contributed by atoms with Crippen LogP contribution >= 0.6 is 10.2 Å². The minimum Gasteiger partial charge on any atom is -0.385 e. The van der Waals surface area contributed by atoms with Crippen LogP contribution in [0.2, 0.25) is 0 Å². The number of hydrogen-bond donors (Lipinski definition) is 1. The lowest BCUT2D eigenvalue weighted by atomic mass is 10.4. The van der Waals surface area contributed by atoms with E-state index in [1.54, 1.807) is 0 Å². The fraction of sp³-hybridized carbons (Fsp3) is 0.200. The molecule has 7 heteroatoms. The van der Waals surface area contributed by atoms with E-state index < -0.39 is 21.7 Å². The van der Waals surface area contributed by atoms with Crippen LogP contribution in [0, 0.1) is 0 Å². The van der Waals surface area contributed by atoms with Crippen LogP contribution in [0.5, 0.6) is 0 Å². The van der Waals surface area contributed by atoms with Crippen molar-refractivity contribution < 1.29 is 24.5 Å². The Kier molecular flexibility index (Phi) is 2.12. The molecule has 0 bridgehead atoms. The minimum absolute atomic E-state index is 0.0610. The van der Waals surface area contributed by atoms with Crippen molar-refractivity contribution >= 4 is 10.2 Å². The van der Waals surface area contributed by atoms with Crippen molar-refractivity contribution in [2.75, 3.05) is 0 Å². The molecule has 0 aromatic rings. The third-order valence-electron chi connectivity index (χ3n) is 0.774. The van der Waals surface area contributed by atoms with Crippen LogP contribution in [0.1, 0.15) is 0 Å². The first kappa shape index (κ1) is 11.4. The van der Waals surface area contributed by atoms with Crippen LogP contribution in [0.4, 0.5) is 19.4 Å². The molecule has 0 saturated heterocycles. The van der Waals surface area contributed by atoms with Gasteiger partial charge >= 0.3 is 10.2 Å². The molecule has 0 aromatic carbocycles. The van der Waals surface area contributed by atoms with E-state index in [1.807, 2.05) is 0 Å². The molecule has 74 valence electrons. The lowest BCUT2D eigenvalue weighted by Gasteiger charge is -2.36. The van der Waals surface area contributed by atoms with Gasteiger partial charge in [-0.3, -0.25) is 0 Å². The molecule has 0 aliphatic rings. The third kappa shape index (κ3) is 7.55. The first-order chi connectivity index (χ1) is 4.93. The zero-order chi connectivity index (χ0) is 10.1. The summed E-state index contributed by atoms with van der Waals surface area (Å²) in [5.74, 6) is 0. The van der Waals surface area contributed by atoms with Gasteiger partial charge in [0.1, 0.15) is 0 Å². The van der Waals surface area contributed by atoms with E-state index in [1.165, 1.54) is 0 Å². The summed E-state index contributed by atoms with van der Waals surface area (Å²) >= 11 is 0. The molecular formula is C5H7F5OS. The molecule has 0 aliphatic carbocycles. The molecule has 1 nitrogen and oxygen atoms in total. The fourth-order valence-electron chi connectivity index (χ4n) is 0.308. The smallest absolute Gasteiger partial charge is 0.304 e. The topological polar surface area (TPSA) is 20.2 Å². The molecule has 0 heterocycles. The molecular weight excluding hydrogens is 203 g/mol. The Morgan fingerprint density at radius 2 is 1.58 bits per heavy atom. The number of rotatable bonds is 3. The molecule has 1 unspecified atom stereocenters. The zero-order valence-corrected chi connectivity index (χ0v) is 6.58. The van der Waals surface area contributed by atoms with Gasteiger partial charge in [0.2, 0.25) is 0 Å². The number of aliphatic hydroxyl groups is 1. The van der Waals surface area contributed by atoms with Gasteiger partial charge in [-0.25, -0.2) is 0 Å². The van der Waals surface area contributed by atoms with Gasteiger partial charge in [0.05, 0.1) is 11.5 Å². The van der Waals surface area contributed by atoms with Crippen molar-refractivity contribution in [2.24, 2.45) is 0 Å². The van der Waals surface area contributed by atoms with Crippen LogP contribution in [0.15, 0.2) is 24.1 Å². The highest BCUT2D eigenvalue weighted by Gasteiger charge is 2.60. The van der Waals surface area contributed by atoms with Crippen molar-refractivity contribution in [3.05, 3.63) is 24.1 Å². The average molecular weight is 210 g/mol. The quantitative estimate of drug-likeness (QED) is 0.559. The van der Waals surface area contributed by atoms with Crippen molar-refractivity contribution in [3.63, 3.8) is 0 Å². The summed E-state index contributed by atoms with van der Waals surface area (Å²) in [7, 11) is -9.51. The van der Waals surface area contributed by atoms with E-state index in [4.69, 9.17) is 5.11 Å². The molecule has 0 amide bonds. The maximum absolute atomic E-state index is 11.5. The standard InChI is InChI=1S/C5H7F5OS/c1-2-5(11)3-4-12(6,7,8,9)10/h2-5,11H,1H2/b4-3+. The molecule has 0 rings (SSSR count). The van der Waals surface area contributed by atoms with Gasteiger partial charge in [0.25, 0.3) is 0 Å². The summed E-state index contributed by atoms with van der Waals surface area (Å²) in [6.45, 7) is 2.91. The van der Waals surface area contributed by atoms with Crippen molar-refractivity contribution in [2.45, 2.75) is 6.10 Å². The molecule has 0 saturated carbocycles. The molecule has 12 heavy (non-hydrogen) atoms. The molecule has 0 aromatic heterocycles. The second-order valence-electron chi connectivity index (χ2n) is 2.08. The fourth-order valence-corrected chi connectivity index (χ4v) is 0.765. The first-order valence-electron chi connectivity index (χ1n) is 2.67. The van der Waals surface area contributed by atoms with Crippen LogP contribution < -0.4 is 0 Å². The van der Waals surface area contributed by atoms with Gasteiger partial charge < -0.3 is 5.11 Å². The Labute approximate surface area is 65.9 Å².